The first-order valence-electron chi connectivity index (χ1n) is 8.28. The Bertz CT molecular complexity index is 520. The standard InChI is InChI=1S/C18H27ClN2O/c1-20(2)15-7-13-9-16(10-14(13)8-15)21(3)11-12-5-4-6-17(22)18(12)19/h4-6,13-16,22H,7-11H2,1-3H3/t13-,14+,15?,16?. The quantitative estimate of drug-likeness (QED) is 0.917. The molecule has 2 unspecified atom stereocenters. The largest absolute Gasteiger partial charge is 0.506 e. The van der Waals surface area contributed by atoms with E-state index in [0.717, 1.165) is 30.0 Å². The molecule has 0 heterocycles. The molecule has 0 bridgehead atoms. The van der Waals surface area contributed by atoms with Gasteiger partial charge in [-0.3, -0.25) is 4.90 Å². The highest BCUT2D eigenvalue weighted by Crippen LogP contribution is 2.46. The molecule has 0 aromatic heterocycles. The number of rotatable bonds is 4. The zero-order valence-corrected chi connectivity index (χ0v) is 14.6. The molecule has 1 aromatic rings. The molecule has 0 amide bonds. The van der Waals surface area contributed by atoms with Crippen molar-refractivity contribution >= 4 is 11.6 Å². The number of phenolic OH excluding ortho intramolecular Hbond substituents is 1. The van der Waals surface area contributed by atoms with E-state index < -0.39 is 0 Å². The highest BCUT2D eigenvalue weighted by molar-refractivity contribution is 6.32. The van der Waals surface area contributed by atoms with E-state index in [1.165, 1.54) is 25.7 Å². The Kier molecular flexibility index (Phi) is 4.67. The van der Waals surface area contributed by atoms with E-state index in [1.54, 1.807) is 6.07 Å². The molecule has 2 saturated carbocycles. The van der Waals surface area contributed by atoms with Gasteiger partial charge < -0.3 is 10.0 Å². The number of benzene rings is 1. The van der Waals surface area contributed by atoms with E-state index >= 15 is 0 Å². The summed E-state index contributed by atoms with van der Waals surface area (Å²) in [4.78, 5) is 4.81. The van der Waals surface area contributed by atoms with Gasteiger partial charge in [-0.1, -0.05) is 23.7 Å². The van der Waals surface area contributed by atoms with Crippen molar-refractivity contribution in [3.05, 3.63) is 28.8 Å². The van der Waals surface area contributed by atoms with Crippen LogP contribution in [0.4, 0.5) is 0 Å². The SMILES string of the molecule is CN(C)C1C[C@@H]2CC(N(C)Cc3cccc(O)c3Cl)C[C@@H]2C1. The minimum atomic E-state index is 0.185. The summed E-state index contributed by atoms with van der Waals surface area (Å²) in [5, 5.41) is 10.2. The molecule has 0 saturated heterocycles. The van der Waals surface area contributed by atoms with Crippen molar-refractivity contribution in [1.29, 1.82) is 0 Å². The second kappa shape index (κ2) is 6.38. The Morgan fingerprint density at radius 2 is 1.64 bits per heavy atom. The lowest BCUT2D eigenvalue weighted by Gasteiger charge is -2.27. The summed E-state index contributed by atoms with van der Waals surface area (Å²) < 4.78 is 0. The van der Waals surface area contributed by atoms with Gasteiger partial charge in [0.05, 0.1) is 5.02 Å². The van der Waals surface area contributed by atoms with Crippen LogP contribution < -0.4 is 0 Å². The normalized spacial score (nSPS) is 31.2. The molecule has 4 atom stereocenters. The number of aromatic hydroxyl groups is 1. The predicted octanol–water partition coefficient (Wildman–Crippen LogP) is 3.60. The molecule has 2 fully saturated rings. The van der Waals surface area contributed by atoms with E-state index in [4.69, 9.17) is 11.6 Å². The van der Waals surface area contributed by atoms with Gasteiger partial charge in [-0.05, 0) is 70.3 Å². The van der Waals surface area contributed by atoms with Gasteiger partial charge in [0.25, 0.3) is 0 Å². The molecule has 3 rings (SSSR count). The lowest BCUT2D eigenvalue weighted by atomic mass is 10.0. The third-order valence-electron chi connectivity index (χ3n) is 5.80. The molecule has 0 radical (unpaired) electrons. The summed E-state index contributed by atoms with van der Waals surface area (Å²) in [7, 11) is 6.61. The van der Waals surface area contributed by atoms with Crippen LogP contribution in [0.2, 0.25) is 5.02 Å². The molecule has 122 valence electrons. The molecule has 0 aliphatic heterocycles. The van der Waals surface area contributed by atoms with Crippen molar-refractivity contribution in [1.82, 2.24) is 9.80 Å². The van der Waals surface area contributed by atoms with Crippen LogP contribution in [0.25, 0.3) is 0 Å². The van der Waals surface area contributed by atoms with Gasteiger partial charge in [0.2, 0.25) is 0 Å². The predicted molar refractivity (Wildman–Crippen MR) is 91.3 cm³/mol. The Labute approximate surface area is 138 Å². The maximum atomic E-state index is 9.74. The van der Waals surface area contributed by atoms with Gasteiger partial charge in [0.15, 0.2) is 0 Å². The zero-order valence-electron chi connectivity index (χ0n) is 13.8. The van der Waals surface area contributed by atoms with Gasteiger partial charge >= 0.3 is 0 Å². The summed E-state index contributed by atoms with van der Waals surface area (Å²) in [5.74, 6) is 1.96. The fraction of sp³-hybridized carbons (Fsp3) is 0.667. The molecule has 1 N–H and O–H groups in total. The zero-order chi connectivity index (χ0) is 15.9. The van der Waals surface area contributed by atoms with Gasteiger partial charge in [-0.2, -0.15) is 0 Å². The molecule has 4 heteroatoms. The van der Waals surface area contributed by atoms with Crippen molar-refractivity contribution in [3.8, 4) is 5.75 Å². The number of nitrogens with zero attached hydrogens (tertiary/aromatic N) is 2. The van der Waals surface area contributed by atoms with Crippen molar-refractivity contribution in [2.24, 2.45) is 11.8 Å². The van der Waals surface area contributed by atoms with Crippen molar-refractivity contribution in [2.75, 3.05) is 21.1 Å². The maximum absolute atomic E-state index is 9.74. The Morgan fingerprint density at radius 1 is 1.05 bits per heavy atom. The highest BCUT2D eigenvalue weighted by atomic mass is 35.5. The van der Waals surface area contributed by atoms with Crippen LogP contribution in [0.3, 0.4) is 0 Å². The van der Waals surface area contributed by atoms with Crippen LogP contribution in [0.1, 0.15) is 31.2 Å². The van der Waals surface area contributed by atoms with E-state index in [0.29, 0.717) is 11.1 Å². The number of halogens is 1. The average Bonchev–Trinajstić information content (AvgIpc) is 3.02. The van der Waals surface area contributed by atoms with E-state index in [1.807, 2.05) is 12.1 Å². The minimum Gasteiger partial charge on any atom is -0.506 e. The molecule has 1 aromatic carbocycles. The summed E-state index contributed by atoms with van der Waals surface area (Å²) in [5.41, 5.74) is 1.02. The first-order valence-corrected chi connectivity index (χ1v) is 8.66. The Morgan fingerprint density at radius 3 is 2.23 bits per heavy atom. The number of fused-ring (bicyclic) bond motifs is 1. The monoisotopic (exact) mass is 322 g/mol. The summed E-state index contributed by atoms with van der Waals surface area (Å²) in [6.07, 6.45) is 5.33. The molecule has 22 heavy (non-hydrogen) atoms. The van der Waals surface area contributed by atoms with Crippen LogP contribution in [0.5, 0.6) is 5.75 Å². The maximum Gasteiger partial charge on any atom is 0.134 e. The molecule has 2 aliphatic carbocycles. The van der Waals surface area contributed by atoms with Crippen LogP contribution in [0.15, 0.2) is 18.2 Å². The Balaban J connectivity index is 1.59. The van der Waals surface area contributed by atoms with Crippen LogP contribution in [-0.4, -0.2) is 48.1 Å². The molecule has 2 aliphatic rings. The Hall–Kier alpha value is -0.770. The summed E-state index contributed by atoms with van der Waals surface area (Å²) >= 11 is 6.21. The molecular weight excluding hydrogens is 296 g/mol. The van der Waals surface area contributed by atoms with E-state index in [-0.39, 0.29) is 5.75 Å². The number of hydrogen-bond donors (Lipinski definition) is 1. The van der Waals surface area contributed by atoms with Crippen molar-refractivity contribution in [3.63, 3.8) is 0 Å². The fourth-order valence-corrected chi connectivity index (χ4v) is 4.61. The number of hydrogen-bond acceptors (Lipinski definition) is 3. The summed E-state index contributed by atoms with van der Waals surface area (Å²) in [6.45, 7) is 0.814. The third-order valence-corrected chi connectivity index (χ3v) is 6.23. The first kappa shape index (κ1) is 16.1. The van der Waals surface area contributed by atoms with Crippen LogP contribution >= 0.6 is 11.6 Å². The molecule has 3 nitrogen and oxygen atoms in total. The average molecular weight is 323 g/mol. The van der Waals surface area contributed by atoms with Crippen molar-refractivity contribution in [2.45, 2.75) is 44.3 Å². The van der Waals surface area contributed by atoms with E-state index in [9.17, 15) is 5.11 Å². The van der Waals surface area contributed by atoms with Crippen LogP contribution in [-0.2, 0) is 6.54 Å². The number of phenols is 1. The second-order valence-corrected chi connectivity index (χ2v) is 7.78. The fourth-order valence-electron chi connectivity index (χ4n) is 4.42. The van der Waals surface area contributed by atoms with Gasteiger partial charge in [-0.25, -0.2) is 0 Å². The lowest BCUT2D eigenvalue weighted by molar-refractivity contribution is 0.212. The van der Waals surface area contributed by atoms with E-state index in [2.05, 4.69) is 30.9 Å². The first-order chi connectivity index (χ1) is 10.5. The van der Waals surface area contributed by atoms with Crippen molar-refractivity contribution < 1.29 is 5.11 Å². The lowest BCUT2D eigenvalue weighted by Crippen LogP contribution is -2.31. The second-order valence-electron chi connectivity index (χ2n) is 7.40. The summed E-state index contributed by atoms with van der Waals surface area (Å²) in [6, 6.07) is 6.96. The van der Waals surface area contributed by atoms with Crippen LogP contribution in [0, 0.1) is 11.8 Å². The van der Waals surface area contributed by atoms with Gasteiger partial charge in [0, 0.05) is 18.6 Å². The topological polar surface area (TPSA) is 26.7 Å². The minimum absolute atomic E-state index is 0.185. The highest BCUT2D eigenvalue weighted by Gasteiger charge is 2.43. The third kappa shape index (κ3) is 3.12. The molecular formula is C18H27ClN2O. The smallest absolute Gasteiger partial charge is 0.134 e. The van der Waals surface area contributed by atoms with Gasteiger partial charge in [0.1, 0.15) is 5.75 Å². The molecule has 0 spiro atoms. The van der Waals surface area contributed by atoms with Gasteiger partial charge in [-0.15, -0.1) is 0 Å².